The molecule has 102 valence electrons. The van der Waals surface area contributed by atoms with Crippen LogP contribution in [0, 0.1) is 11.3 Å². The topological polar surface area (TPSA) is 76.9 Å². The summed E-state index contributed by atoms with van der Waals surface area (Å²) in [5.41, 5.74) is 4.31. The Labute approximate surface area is 120 Å². The molecule has 2 aromatic carbocycles. The number of hydrogen-bond acceptors (Lipinski definition) is 2. The lowest BCUT2D eigenvalue weighted by Gasteiger charge is -2.09. The highest BCUT2D eigenvalue weighted by Crippen LogP contribution is 2.39. The summed E-state index contributed by atoms with van der Waals surface area (Å²) in [6.07, 6.45) is 2.65. The van der Waals surface area contributed by atoms with E-state index in [0.717, 1.165) is 46.8 Å². The molecule has 0 spiro atoms. The van der Waals surface area contributed by atoms with Crippen LogP contribution in [0.1, 0.15) is 33.5 Å². The van der Waals surface area contributed by atoms with Gasteiger partial charge in [0.2, 0.25) is 0 Å². The number of fused-ring (bicyclic) bond motifs is 5. The number of aryl methyl sites for hydroxylation is 1. The number of hydrogen-bond donors (Lipinski definition) is 2. The Morgan fingerprint density at radius 2 is 2.00 bits per heavy atom. The summed E-state index contributed by atoms with van der Waals surface area (Å²) >= 11 is 0. The molecule has 2 N–H and O–H groups in total. The molecule has 3 aromatic rings. The van der Waals surface area contributed by atoms with Crippen molar-refractivity contribution in [3.8, 4) is 6.07 Å². The zero-order valence-corrected chi connectivity index (χ0v) is 11.2. The van der Waals surface area contributed by atoms with Crippen molar-refractivity contribution in [3.63, 3.8) is 0 Å². The lowest BCUT2D eigenvalue weighted by atomic mass is 9.93. The molecule has 4 nitrogen and oxygen atoms in total. The summed E-state index contributed by atoms with van der Waals surface area (Å²) in [6, 6.07) is 9.78. The third-order valence-corrected chi connectivity index (χ3v) is 4.35. The van der Waals surface area contributed by atoms with Crippen molar-refractivity contribution < 1.29 is 9.90 Å². The minimum absolute atomic E-state index is 0.144. The number of nitrogens with one attached hydrogen (secondary N) is 1. The molecular formula is C17H12N2O2. The quantitative estimate of drug-likeness (QED) is 0.715. The van der Waals surface area contributed by atoms with Crippen molar-refractivity contribution in [2.45, 2.75) is 19.3 Å². The molecule has 0 saturated carbocycles. The third kappa shape index (κ3) is 1.46. The Hall–Kier alpha value is -2.80. The number of carbonyl (C=O) groups is 1. The van der Waals surface area contributed by atoms with Gasteiger partial charge in [0, 0.05) is 16.3 Å². The van der Waals surface area contributed by atoms with Crippen molar-refractivity contribution in [3.05, 3.63) is 46.5 Å². The number of carboxylic acids is 1. The van der Waals surface area contributed by atoms with Gasteiger partial charge in [-0.1, -0.05) is 18.2 Å². The molecule has 1 heterocycles. The maximum atomic E-state index is 11.8. The van der Waals surface area contributed by atoms with Crippen LogP contribution in [0.5, 0.6) is 0 Å². The summed E-state index contributed by atoms with van der Waals surface area (Å²) in [7, 11) is 0. The first-order valence-corrected chi connectivity index (χ1v) is 6.94. The zero-order chi connectivity index (χ0) is 14.6. The normalized spacial score (nSPS) is 13.5. The van der Waals surface area contributed by atoms with Crippen LogP contribution in [-0.2, 0) is 12.8 Å². The molecule has 21 heavy (non-hydrogen) atoms. The van der Waals surface area contributed by atoms with E-state index in [1.807, 2.05) is 24.3 Å². The maximum absolute atomic E-state index is 11.8. The molecule has 0 radical (unpaired) electrons. The molecule has 4 heteroatoms. The van der Waals surface area contributed by atoms with Crippen LogP contribution in [0.15, 0.2) is 24.3 Å². The lowest BCUT2D eigenvalue weighted by Crippen LogP contribution is -2.05. The third-order valence-electron chi connectivity index (χ3n) is 4.35. The van der Waals surface area contributed by atoms with Crippen LogP contribution in [0.25, 0.3) is 21.8 Å². The molecular weight excluding hydrogens is 264 g/mol. The number of rotatable bonds is 1. The van der Waals surface area contributed by atoms with Crippen LogP contribution in [0.2, 0.25) is 0 Å². The van der Waals surface area contributed by atoms with Gasteiger partial charge in [-0.2, -0.15) is 5.26 Å². The number of carboxylic acid groups (broad SMARTS) is 1. The van der Waals surface area contributed by atoms with Gasteiger partial charge in [0.1, 0.15) is 6.07 Å². The molecule has 0 saturated heterocycles. The predicted molar refractivity (Wildman–Crippen MR) is 79.5 cm³/mol. The van der Waals surface area contributed by atoms with E-state index in [-0.39, 0.29) is 5.56 Å². The van der Waals surface area contributed by atoms with Gasteiger partial charge in [-0.05, 0) is 36.5 Å². The van der Waals surface area contributed by atoms with Gasteiger partial charge in [-0.3, -0.25) is 0 Å². The first kappa shape index (κ1) is 12.0. The first-order chi connectivity index (χ1) is 10.2. The van der Waals surface area contributed by atoms with Gasteiger partial charge in [0.05, 0.1) is 16.6 Å². The van der Waals surface area contributed by atoms with Crippen molar-refractivity contribution in [1.82, 2.24) is 4.98 Å². The molecule has 1 aliphatic rings. The van der Waals surface area contributed by atoms with Crippen molar-refractivity contribution in [2.24, 2.45) is 0 Å². The van der Waals surface area contributed by atoms with Crippen molar-refractivity contribution in [1.29, 1.82) is 5.26 Å². The number of aromatic amines is 1. The van der Waals surface area contributed by atoms with E-state index < -0.39 is 5.97 Å². The number of aromatic carboxylic acids is 1. The number of aromatic nitrogens is 1. The van der Waals surface area contributed by atoms with E-state index in [1.54, 1.807) is 0 Å². The van der Waals surface area contributed by atoms with Crippen LogP contribution in [-0.4, -0.2) is 16.1 Å². The molecule has 1 aromatic heterocycles. The van der Waals surface area contributed by atoms with Crippen LogP contribution < -0.4 is 0 Å². The van der Waals surface area contributed by atoms with E-state index in [1.165, 1.54) is 0 Å². The molecule has 4 rings (SSSR count). The van der Waals surface area contributed by atoms with Gasteiger partial charge in [-0.15, -0.1) is 0 Å². The predicted octanol–water partition coefficient (Wildman–Crippen LogP) is 3.38. The van der Waals surface area contributed by atoms with Gasteiger partial charge < -0.3 is 10.1 Å². The van der Waals surface area contributed by atoms with Crippen LogP contribution >= 0.6 is 0 Å². The maximum Gasteiger partial charge on any atom is 0.337 e. The highest BCUT2D eigenvalue weighted by molar-refractivity contribution is 6.18. The van der Waals surface area contributed by atoms with Gasteiger partial charge in [-0.25, -0.2) is 4.79 Å². The summed E-state index contributed by atoms with van der Waals surface area (Å²) in [5, 5.41) is 20.7. The molecule has 0 amide bonds. The standard InChI is InChI=1S/C17H12N2O2/c18-8-12-9-5-3-6-10(9)16-14(15(12)17(20)21)11-4-1-2-7-13(11)19-16/h1-2,4,7,19H,3,5-6H2,(H,20,21). The fourth-order valence-corrected chi connectivity index (χ4v) is 3.54. The molecule has 1 aliphatic carbocycles. The summed E-state index contributed by atoms with van der Waals surface area (Å²) in [6.45, 7) is 0. The Morgan fingerprint density at radius 1 is 1.24 bits per heavy atom. The Bertz CT molecular complexity index is 960. The van der Waals surface area contributed by atoms with E-state index in [0.29, 0.717) is 10.9 Å². The number of nitriles is 1. The highest BCUT2D eigenvalue weighted by atomic mass is 16.4. The van der Waals surface area contributed by atoms with E-state index >= 15 is 0 Å². The van der Waals surface area contributed by atoms with Crippen LogP contribution in [0.3, 0.4) is 0 Å². The molecule has 0 unspecified atom stereocenters. The van der Waals surface area contributed by atoms with Gasteiger partial charge >= 0.3 is 5.97 Å². The fourth-order valence-electron chi connectivity index (χ4n) is 3.54. The number of benzene rings is 2. The number of H-pyrrole nitrogens is 1. The Balaban J connectivity index is 2.34. The zero-order valence-electron chi connectivity index (χ0n) is 11.2. The fraction of sp³-hybridized carbons (Fsp3) is 0.176. The average molecular weight is 276 g/mol. The number of nitrogens with zero attached hydrogens (tertiary/aromatic N) is 1. The molecule has 0 bridgehead atoms. The minimum Gasteiger partial charge on any atom is -0.478 e. The highest BCUT2D eigenvalue weighted by Gasteiger charge is 2.28. The molecule has 0 fully saturated rings. The lowest BCUT2D eigenvalue weighted by molar-refractivity contribution is 0.0698. The molecule has 0 aliphatic heterocycles. The monoisotopic (exact) mass is 276 g/mol. The summed E-state index contributed by atoms with van der Waals surface area (Å²) in [5.74, 6) is -1.03. The van der Waals surface area contributed by atoms with Gasteiger partial charge in [0.15, 0.2) is 0 Å². The van der Waals surface area contributed by atoms with E-state index in [2.05, 4.69) is 11.1 Å². The number of para-hydroxylation sites is 1. The van der Waals surface area contributed by atoms with E-state index in [4.69, 9.17) is 0 Å². The smallest absolute Gasteiger partial charge is 0.337 e. The summed E-state index contributed by atoms with van der Waals surface area (Å²) < 4.78 is 0. The first-order valence-electron chi connectivity index (χ1n) is 6.94. The van der Waals surface area contributed by atoms with Crippen molar-refractivity contribution >= 4 is 27.8 Å². The van der Waals surface area contributed by atoms with E-state index in [9.17, 15) is 15.2 Å². The van der Waals surface area contributed by atoms with Crippen molar-refractivity contribution in [2.75, 3.05) is 0 Å². The second-order valence-electron chi connectivity index (χ2n) is 5.40. The largest absolute Gasteiger partial charge is 0.478 e. The minimum atomic E-state index is -1.03. The second-order valence-corrected chi connectivity index (χ2v) is 5.40. The SMILES string of the molecule is N#Cc1c2c(c3[nH]c4ccccc4c3c1C(=O)O)CCC2. The Morgan fingerprint density at radius 3 is 2.76 bits per heavy atom. The van der Waals surface area contributed by atoms with Crippen LogP contribution in [0.4, 0.5) is 0 Å². The Kier molecular flexibility index (Phi) is 2.34. The van der Waals surface area contributed by atoms with Gasteiger partial charge in [0.25, 0.3) is 0 Å². The average Bonchev–Trinajstić information content (AvgIpc) is 3.09. The summed E-state index contributed by atoms with van der Waals surface area (Å²) in [4.78, 5) is 15.1. The molecule has 0 atom stereocenters. The second kappa shape index (κ2) is 4.10.